The Kier molecular flexibility index (Phi) is 4.33. The molecule has 2 heteroatoms. The van der Waals surface area contributed by atoms with Gasteiger partial charge in [-0.3, -0.25) is 0 Å². The van der Waals surface area contributed by atoms with Crippen LogP contribution in [0.2, 0.25) is 5.02 Å². The Labute approximate surface area is 110 Å². The second-order valence-electron chi connectivity index (χ2n) is 5.49. The molecule has 0 atom stereocenters. The van der Waals surface area contributed by atoms with E-state index in [1.54, 1.807) is 0 Å². The monoisotopic (exact) mass is 251 g/mol. The molecule has 0 amide bonds. The highest BCUT2D eigenvalue weighted by molar-refractivity contribution is 6.33. The third kappa shape index (κ3) is 3.64. The molecule has 94 valence electrons. The minimum atomic E-state index is 0.822. The molecule has 1 nitrogen and oxygen atoms in total. The van der Waals surface area contributed by atoms with Crippen molar-refractivity contribution >= 4 is 17.3 Å². The van der Waals surface area contributed by atoms with Crippen LogP contribution < -0.4 is 5.32 Å². The van der Waals surface area contributed by atoms with E-state index in [-0.39, 0.29) is 0 Å². The van der Waals surface area contributed by atoms with Crippen LogP contribution in [0.3, 0.4) is 0 Å². The largest absolute Gasteiger partial charge is 0.384 e. The first-order valence-corrected chi connectivity index (χ1v) is 7.03. The first-order valence-electron chi connectivity index (χ1n) is 6.65. The summed E-state index contributed by atoms with van der Waals surface area (Å²) < 4.78 is 0. The molecule has 0 bridgehead atoms. The molecular weight excluding hydrogens is 230 g/mol. The van der Waals surface area contributed by atoms with Gasteiger partial charge in [-0.25, -0.2) is 0 Å². The van der Waals surface area contributed by atoms with Gasteiger partial charge in [0.15, 0.2) is 0 Å². The zero-order valence-electron chi connectivity index (χ0n) is 10.8. The van der Waals surface area contributed by atoms with Crippen molar-refractivity contribution < 1.29 is 0 Å². The summed E-state index contributed by atoms with van der Waals surface area (Å²) in [5.74, 6) is 1.75. The van der Waals surface area contributed by atoms with Gasteiger partial charge in [-0.2, -0.15) is 0 Å². The fraction of sp³-hybridized carbons (Fsp3) is 0.600. The molecule has 0 heterocycles. The first kappa shape index (κ1) is 12.8. The topological polar surface area (TPSA) is 12.0 Å². The summed E-state index contributed by atoms with van der Waals surface area (Å²) in [4.78, 5) is 0. The van der Waals surface area contributed by atoms with Crippen molar-refractivity contribution in [1.29, 1.82) is 0 Å². The summed E-state index contributed by atoms with van der Waals surface area (Å²) in [6, 6.07) is 6.16. The van der Waals surface area contributed by atoms with E-state index in [2.05, 4.69) is 31.3 Å². The van der Waals surface area contributed by atoms with Crippen molar-refractivity contribution in [3.63, 3.8) is 0 Å². The van der Waals surface area contributed by atoms with Gasteiger partial charge in [0.25, 0.3) is 0 Å². The van der Waals surface area contributed by atoms with Gasteiger partial charge in [0.2, 0.25) is 0 Å². The lowest BCUT2D eigenvalue weighted by molar-refractivity contribution is 0.300. The molecule has 1 aliphatic carbocycles. The van der Waals surface area contributed by atoms with E-state index in [1.807, 2.05) is 6.07 Å². The van der Waals surface area contributed by atoms with Crippen molar-refractivity contribution in [3.8, 4) is 0 Å². The lowest BCUT2D eigenvalue weighted by atomic mass is 9.83. The predicted molar refractivity (Wildman–Crippen MR) is 75.8 cm³/mol. The summed E-state index contributed by atoms with van der Waals surface area (Å²) in [6.07, 6.45) is 5.48. The smallest absolute Gasteiger partial charge is 0.0637 e. The molecule has 1 aromatic carbocycles. The SMILES string of the molecule is Cc1ccc(Cl)c(NCC2CCC(C)CC2)c1. The quantitative estimate of drug-likeness (QED) is 0.807. The molecule has 2 rings (SSSR count). The summed E-state index contributed by atoms with van der Waals surface area (Å²) in [6.45, 7) is 5.53. The van der Waals surface area contributed by atoms with E-state index in [0.29, 0.717) is 0 Å². The normalized spacial score (nSPS) is 24.6. The maximum absolute atomic E-state index is 6.17. The van der Waals surface area contributed by atoms with E-state index in [1.165, 1.54) is 31.2 Å². The zero-order chi connectivity index (χ0) is 12.3. The van der Waals surface area contributed by atoms with Gasteiger partial charge in [0.1, 0.15) is 0 Å². The van der Waals surface area contributed by atoms with E-state index in [9.17, 15) is 0 Å². The Hall–Kier alpha value is -0.690. The van der Waals surface area contributed by atoms with Crippen molar-refractivity contribution in [2.24, 2.45) is 11.8 Å². The van der Waals surface area contributed by atoms with Gasteiger partial charge in [-0.15, -0.1) is 0 Å². The first-order chi connectivity index (χ1) is 8.15. The van der Waals surface area contributed by atoms with Crippen molar-refractivity contribution in [2.45, 2.75) is 39.5 Å². The lowest BCUT2D eigenvalue weighted by Crippen LogP contribution is -2.20. The maximum Gasteiger partial charge on any atom is 0.0637 e. The number of aryl methyl sites for hydroxylation is 1. The third-order valence-corrected chi connectivity index (χ3v) is 4.17. The molecule has 1 N–H and O–H groups in total. The number of anilines is 1. The van der Waals surface area contributed by atoms with Crippen LogP contribution in [0.4, 0.5) is 5.69 Å². The molecule has 1 saturated carbocycles. The zero-order valence-corrected chi connectivity index (χ0v) is 11.6. The van der Waals surface area contributed by atoms with Crippen LogP contribution in [0.5, 0.6) is 0 Å². The fourth-order valence-electron chi connectivity index (χ4n) is 2.56. The van der Waals surface area contributed by atoms with Gasteiger partial charge < -0.3 is 5.32 Å². The average molecular weight is 252 g/mol. The van der Waals surface area contributed by atoms with E-state index in [0.717, 1.165) is 29.1 Å². The fourth-order valence-corrected chi connectivity index (χ4v) is 2.75. The number of rotatable bonds is 3. The molecule has 0 radical (unpaired) electrons. The van der Waals surface area contributed by atoms with Gasteiger partial charge in [0, 0.05) is 6.54 Å². The molecule has 1 aromatic rings. The number of hydrogen-bond acceptors (Lipinski definition) is 1. The van der Waals surface area contributed by atoms with Gasteiger partial charge in [-0.05, 0) is 49.3 Å². The van der Waals surface area contributed by atoms with Crippen LogP contribution in [-0.4, -0.2) is 6.54 Å². The van der Waals surface area contributed by atoms with Gasteiger partial charge in [-0.1, -0.05) is 37.4 Å². The summed E-state index contributed by atoms with van der Waals surface area (Å²) in [5.41, 5.74) is 2.35. The molecule has 1 aliphatic rings. The van der Waals surface area contributed by atoms with Gasteiger partial charge >= 0.3 is 0 Å². The second kappa shape index (κ2) is 5.77. The number of benzene rings is 1. The second-order valence-corrected chi connectivity index (χ2v) is 5.90. The average Bonchev–Trinajstić information content (AvgIpc) is 2.32. The summed E-state index contributed by atoms with van der Waals surface area (Å²) in [5, 5.41) is 4.34. The van der Waals surface area contributed by atoms with Crippen LogP contribution in [-0.2, 0) is 0 Å². The lowest BCUT2D eigenvalue weighted by Gasteiger charge is -2.26. The van der Waals surface area contributed by atoms with Crippen LogP contribution in [0, 0.1) is 18.8 Å². The van der Waals surface area contributed by atoms with Crippen LogP contribution in [0.1, 0.15) is 38.2 Å². The molecule has 0 spiro atoms. The molecule has 0 aliphatic heterocycles. The third-order valence-electron chi connectivity index (χ3n) is 3.84. The Morgan fingerprint density at radius 3 is 2.65 bits per heavy atom. The Bertz CT molecular complexity index is 367. The Morgan fingerprint density at radius 2 is 1.94 bits per heavy atom. The minimum Gasteiger partial charge on any atom is -0.384 e. The highest BCUT2D eigenvalue weighted by atomic mass is 35.5. The van der Waals surface area contributed by atoms with E-state index < -0.39 is 0 Å². The Morgan fingerprint density at radius 1 is 1.24 bits per heavy atom. The number of halogens is 1. The maximum atomic E-state index is 6.17. The van der Waals surface area contributed by atoms with Crippen LogP contribution >= 0.6 is 11.6 Å². The standard InChI is InChI=1S/C15H22ClN/c1-11-3-6-13(7-4-11)10-17-15-9-12(2)5-8-14(15)16/h5,8-9,11,13,17H,3-4,6-7,10H2,1-2H3. The van der Waals surface area contributed by atoms with E-state index in [4.69, 9.17) is 11.6 Å². The molecular formula is C15H22ClN. The highest BCUT2D eigenvalue weighted by Crippen LogP contribution is 2.29. The summed E-state index contributed by atoms with van der Waals surface area (Å²) >= 11 is 6.17. The number of nitrogens with one attached hydrogen (secondary N) is 1. The van der Waals surface area contributed by atoms with E-state index >= 15 is 0 Å². The molecule has 0 aromatic heterocycles. The Balaban J connectivity index is 1.87. The van der Waals surface area contributed by atoms with Crippen molar-refractivity contribution in [2.75, 3.05) is 11.9 Å². The molecule has 1 fully saturated rings. The molecule has 17 heavy (non-hydrogen) atoms. The highest BCUT2D eigenvalue weighted by Gasteiger charge is 2.17. The predicted octanol–water partition coefficient (Wildman–Crippen LogP) is 4.89. The minimum absolute atomic E-state index is 0.822. The van der Waals surface area contributed by atoms with Crippen molar-refractivity contribution in [1.82, 2.24) is 0 Å². The van der Waals surface area contributed by atoms with Gasteiger partial charge in [0.05, 0.1) is 10.7 Å². The summed E-state index contributed by atoms with van der Waals surface area (Å²) in [7, 11) is 0. The van der Waals surface area contributed by atoms with Crippen LogP contribution in [0.25, 0.3) is 0 Å². The molecule has 0 saturated heterocycles. The van der Waals surface area contributed by atoms with Crippen LogP contribution in [0.15, 0.2) is 18.2 Å². The number of hydrogen-bond donors (Lipinski definition) is 1. The van der Waals surface area contributed by atoms with Crippen molar-refractivity contribution in [3.05, 3.63) is 28.8 Å². The molecule has 0 unspecified atom stereocenters.